The number of halogens is 2. The number of likely N-dealkylation sites (N-methyl/N-ethyl adjacent to an activating group) is 1. The largest absolute Gasteiger partial charge is 0.442 e. The maximum absolute atomic E-state index is 14.8. The van der Waals surface area contributed by atoms with E-state index in [1.54, 1.807) is 42.1 Å². The van der Waals surface area contributed by atoms with Crippen LogP contribution < -0.4 is 20.4 Å². The number of nitrogens with zero attached hydrogens (tertiary/aromatic N) is 4. The first-order valence-corrected chi connectivity index (χ1v) is 12.5. The highest BCUT2D eigenvalue weighted by atomic mass is 19.1. The number of carbonyl (C=O) groups excluding carboxylic acids is 4. The van der Waals surface area contributed by atoms with Gasteiger partial charge in [0.15, 0.2) is 17.9 Å². The predicted molar refractivity (Wildman–Crippen MR) is 140 cm³/mol. The van der Waals surface area contributed by atoms with Crippen molar-refractivity contribution in [2.75, 3.05) is 62.7 Å². The van der Waals surface area contributed by atoms with Crippen LogP contribution in [0.1, 0.15) is 23.7 Å². The maximum Gasteiger partial charge on any atom is 0.414 e. The number of anilines is 2. The number of ether oxygens (including phenoxy) is 1. The van der Waals surface area contributed by atoms with Crippen molar-refractivity contribution in [2.45, 2.75) is 19.4 Å². The van der Waals surface area contributed by atoms with E-state index in [1.807, 2.05) is 0 Å². The molecule has 2 aromatic rings. The molecule has 0 saturated carbocycles. The van der Waals surface area contributed by atoms with Crippen molar-refractivity contribution in [3.8, 4) is 0 Å². The Kier molecular flexibility index (Phi) is 10.7. The summed E-state index contributed by atoms with van der Waals surface area (Å²) in [6, 6.07) is 5.64. The lowest BCUT2D eigenvalue weighted by atomic mass is 10.2. The third kappa shape index (κ3) is 7.93. The molecule has 39 heavy (non-hydrogen) atoms. The molecule has 3 amide bonds. The monoisotopic (exact) mass is 546 g/mol. The van der Waals surface area contributed by atoms with Crippen molar-refractivity contribution in [1.29, 1.82) is 0 Å². The third-order valence-electron chi connectivity index (χ3n) is 6.13. The van der Waals surface area contributed by atoms with E-state index in [-0.39, 0.29) is 42.8 Å². The van der Waals surface area contributed by atoms with Gasteiger partial charge in [-0.2, -0.15) is 0 Å². The topological polar surface area (TPSA) is 124 Å². The van der Waals surface area contributed by atoms with Gasteiger partial charge in [0.1, 0.15) is 11.8 Å². The minimum Gasteiger partial charge on any atom is -0.442 e. The minimum atomic E-state index is -0.791. The van der Waals surface area contributed by atoms with Crippen molar-refractivity contribution >= 4 is 35.6 Å². The Hall–Kier alpha value is -4.13. The van der Waals surface area contributed by atoms with Crippen LogP contribution in [0, 0.1) is 11.6 Å². The molecular formula is C26H32F2N6O5. The summed E-state index contributed by atoms with van der Waals surface area (Å²) in [7, 11) is 1.68. The predicted octanol–water partition coefficient (Wildman–Crippen LogP) is 1.58. The van der Waals surface area contributed by atoms with Crippen LogP contribution >= 0.6 is 0 Å². The second kappa shape index (κ2) is 14.1. The summed E-state index contributed by atoms with van der Waals surface area (Å²) in [5.41, 5.74) is 0.493. The Morgan fingerprint density at radius 1 is 1.18 bits per heavy atom. The SMILES string of the molecule is CCC(=O)NCC1CN(c2cc(F)c(N3CCN(C(=O)CNC)CC3)c(F)c2)C(=O)O1.O=Cc1cccnc1. The lowest BCUT2D eigenvalue weighted by Gasteiger charge is -2.36. The summed E-state index contributed by atoms with van der Waals surface area (Å²) < 4.78 is 34.9. The number of aldehydes is 1. The average Bonchev–Trinajstić information content (AvgIpc) is 3.33. The van der Waals surface area contributed by atoms with Crippen molar-refractivity contribution in [2.24, 2.45) is 0 Å². The zero-order chi connectivity index (χ0) is 28.4. The molecule has 2 N–H and O–H groups in total. The molecule has 2 aliphatic rings. The number of benzene rings is 1. The summed E-state index contributed by atoms with van der Waals surface area (Å²) in [5.74, 6) is -1.82. The smallest absolute Gasteiger partial charge is 0.414 e. The van der Waals surface area contributed by atoms with Crippen LogP contribution in [0.3, 0.4) is 0 Å². The number of nitrogens with one attached hydrogen (secondary N) is 2. The van der Waals surface area contributed by atoms with E-state index in [0.717, 1.165) is 23.3 Å². The highest BCUT2D eigenvalue weighted by molar-refractivity contribution is 5.90. The molecule has 1 aromatic carbocycles. The van der Waals surface area contributed by atoms with Gasteiger partial charge in [0, 0.05) is 62.7 Å². The molecule has 1 atom stereocenters. The molecule has 0 aliphatic carbocycles. The number of hydrogen-bond acceptors (Lipinski definition) is 8. The van der Waals surface area contributed by atoms with E-state index in [0.29, 0.717) is 38.2 Å². The van der Waals surface area contributed by atoms with Crippen LogP contribution in [0.15, 0.2) is 36.7 Å². The van der Waals surface area contributed by atoms with Crippen LogP contribution in [0.4, 0.5) is 25.0 Å². The molecule has 2 fully saturated rings. The Labute approximate surface area is 225 Å². The van der Waals surface area contributed by atoms with Gasteiger partial charge in [-0.1, -0.05) is 6.92 Å². The third-order valence-corrected chi connectivity index (χ3v) is 6.13. The summed E-state index contributed by atoms with van der Waals surface area (Å²) in [5, 5.41) is 5.43. The Morgan fingerprint density at radius 3 is 2.41 bits per heavy atom. The van der Waals surface area contributed by atoms with Crippen molar-refractivity contribution in [3.05, 3.63) is 53.9 Å². The van der Waals surface area contributed by atoms with E-state index in [2.05, 4.69) is 15.6 Å². The number of amides is 3. The number of hydrogen-bond donors (Lipinski definition) is 2. The average molecular weight is 547 g/mol. The van der Waals surface area contributed by atoms with Crippen LogP contribution in [0.5, 0.6) is 0 Å². The second-order valence-electron chi connectivity index (χ2n) is 8.83. The number of cyclic esters (lactones) is 1. The van der Waals surface area contributed by atoms with Crippen LogP contribution in [0.25, 0.3) is 0 Å². The normalized spacial score (nSPS) is 16.8. The van der Waals surface area contributed by atoms with E-state index >= 15 is 0 Å². The standard InChI is InChI=1S/C20H27F2N5O4.C6H5NO/c1-3-17(28)24-10-14-12-27(20(30)31-14)13-8-15(21)19(16(22)9-13)26-6-4-25(5-7-26)18(29)11-23-2;8-5-6-2-1-3-7-4-6/h8-9,14,23H,3-7,10-12H2,1-2H3,(H,24,28);1-5H. The molecule has 2 saturated heterocycles. The summed E-state index contributed by atoms with van der Waals surface area (Å²) in [4.78, 5) is 53.5. The first kappa shape index (κ1) is 29.4. The van der Waals surface area contributed by atoms with Crippen LogP contribution in [0.2, 0.25) is 0 Å². The van der Waals surface area contributed by atoms with Gasteiger partial charge < -0.3 is 25.2 Å². The van der Waals surface area contributed by atoms with E-state index < -0.39 is 23.8 Å². The fraction of sp³-hybridized carbons (Fsp3) is 0.423. The first-order chi connectivity index (χ1) is 18.8. The zero-order valence-corrected chi connectivity index (χ0v) is 21.9. The van der Waals surface area contributed by atoms with Crippen LogP contribution in [-0.2, 0) is 14.3 Å². The first-order valence-electron chi connectivity index (χ1n) is 12.5. The molecule has 13 heteroatoms. The molecule has 1 aromatic heterocycles. The Morgan fingerprint density at radius 2 is 1.87 bits per heavy atom. The lowest BCUT2D eigenvalue weighted by molar-refractivity contribution is -0.130. The molecule has 11 nitrogen and oxygen atoms in total. The molecule has 210 valence electrons. The van der Waals surface area contributed by atoms with E-state index in [9.17, 15) is 28.0 Å². The van der Waals surface area contributed by atoms with Gasteiger partial charge in [0.05, 0.1) is 25.3 Å². The van der Waals surface area contributed by atoms with Crippen LogP contribution in [-0.4, -0.2) is 93.0 Å². The molecule has 1 unspecified atom stereocenters. The maximum atomic E-state index is 14.8. The van der Waals surface area contributed by atoms with Gasteiger partial charge in [0.2, 0.25) is 11.8 Å². The van der Waals surface area contributed by atoms with E-state index in [4.69, 9.17) is 4.74 Å². The molecule has 0 radical (unpaired) electrons. The number of piperazine rings is 1. The molecule has 3 heterocycles. The van der Waals surface area contributed by atoms with Gasteiger partial charge in [0.25, 0.3) is 0 Å². The Bertz CT molecular complexity index is 1140. The fourth-order valence-electron chi connectivity index (χ4n) is 4.09. The lowest BCUT2D eigenvalue weighted by Crippen LogP contribution is -2.51. The molecular weight excluding hydrogens is 514 g/mol. The molecule has 2 aliphatic heterocycles. The number of carbonyl (C=O) groups is 4. The highest BCUT2D eigenvalue weighted by Gasteiger charge is 2.34. The number of pyridine rings is 1. The number of aromatic nitrogens is 1. The van der Waals surface area contributed by atoms with Crippen molar-refractivity contribution in [1.82, 2.24) is 20.5 Å². The fourth-order valence-corrected chi connectivity index (χ4v) is 4.09. The second-order valence-corrected chi connectivity index (χ2v) is 8.83. The Balaban J connectivity index is 0.000000449. The molecule has 0 bridgehead atoms. The molecule has 0 spiro atoms. The zero-order valence-electron chi connectivity index (χ0n) is 21.9. The van der Waals surface area contributed by atoms with Gasteiger partial charge >= 0.3 is 6.09 Å². The van der Waals surface area contributed by atoms with Gasteiger partial charge in [-0.05, 0) is 19.2 Å². The van der Waals surface area contributed by atoms with Crippen molar-refractivity contribution in [3.63, 3.8) is 0 Å². The highest BCUT2D eigenvalue weighted by Crippen LogP contribution is 2.31. The number of rotatable bonds is 8. The quantitative estimate of drug-likeness (QED) is 0.479. The van der Waals surface area contributed by atoms with E-state index in [1.165, 1.54) is 6.20 Å². The van der Waals surface area contributed by atoms with Gasteiger partial charge in [-0.3, -0.25) is 24.3 Å². The van der Waals surface area contributed by atoms with Gasteiger partial charge in [-0.25, -0.2) is 13.6 Å². The summed E-state index contributed by atoms with van der Waals surface area (Å²) in [6.07, 6.45) is 2.91. The van der Waals surface area contributed by atoms with Gasteiger partial charge in [-0.15, -0.1) is 0 Å². The minimum absolute atomic E-state index is 0.0518. The molecule has 4 rings (SSSR count). The van der Waals surface area contributed by atoms with Crippen molar-refractivity contribution < 1.29 is 32.7 Å². The summed E-state index contributed by atoms with van der Waals surface area (Å²) >= 11 is 0. The summed E-state index contributed by atoms with van der Waals surface area (Å²) in [6.45, 7) is 3.46.